The van der Waals surface area contributed by atoms with Crippen LogP contribution in [0.1, 0.15) is 23.0 Å². The molecule has 13 heavy (non-hydrogen) atoms. The van der Waals surface area contributed by atoms with Crippen LogP contribution in [0.3, 0.4) is 0 Å². The number of carbonyl (C=O) groups excluding carboxylic acids is 1. The Morgan fingerprint density at radius 1 is 1.54 bits per heavy atom. The van der Waals surface area contributed by atoms with Crippen molar-refractivity contribution < 1.29 is 9.53 Å². The second kappa shape index (κ2) is 4.40. The monoisotopic (exact) mass is 177 g/mol. The number of esters is 1. The molecule has 1 aromatic heterocycles. The average molecular weight is 177 g/mol. The van der Waals surface area contributed by atoms with Crippen LogP contribution in [-0.2, 0) is 4.74 Å². The van der Waals surface area contributed by atoms with E-state index in [4.69, 9.17) is 0 Å². The summed E-state index contributed by atoms with van der Waals surface area (Å²) in [4.78, 5) is 15.1. The van der Waals surface area contributed by atoms with Gasteiger partial charge in [-0.05, 0) is 25.1 Å². The molecule has 0 aliphatic heterocycles. The molecule has 3 heteroatoms. The molecule has 68 valence electrons. The zero-order chi connectivity index (χ0) is 9.68. The number of hydrogen-bond donors (Lipinski definition) is 0. The van der Waals surface area contributed by atoms with Crippen molar-refractivity contribution in [2.45, 2.75) is 6.92 Å². The van der Waals surface area contributed by atoms with Gasteiger partial charge in [0.25, 0.3) is 0 Å². The molecule has 0 radical (unpaired) electrons. The lowest BCUT2D eigenvalue weighted by molar-refractivity contribution is 0.0600. The van der Waals surface area contributed by atoms with Crippen LogP contribution >= 0.6 is 0 Å². The minimum absolute atomic E-state index is 0.362. The second-order valence-electron chi connectivity index (χ2n) is 2.46. The Morgan fingerprint density at radius 3 is 2.77 bits per heavy atom. The van der Waals surface area contributed by atoms with Gasteiger partial charge in [0, 0.05) is 6.20 Å². The van der Waals surface area contributed by atoms with Crippen molar-refractivity contribution in [1.82, 2.24) is 4.98 Å². The number of rotatable bonds is 2. The van der Waals surface area contributed by atoms with E-state index in [-0.39, 0.29) is 5.97 Å². The van der Waals surface area contributed by atoms with Crippen LogP contribution < -0.4 is 0 Å². The maximum atomic E-state index is 11.0. The topological polar surface area (TPSA) is 39.2 Å². The van der Waals surface area contributed by atoms with Crippen molar-refractivity contribution in [3.8, 4) is 0 Å². The number of hydrogen-bond acceptors (Lipinski definition) is 3. The van der Waals surface area contributed by atoms with E-state index in [0.29, 0.717) is 5.56 Å². The van der Waals surface area contributed by atoms with Gasteiger partial charge in [-0.3, -0.25) is 4.98 Å². The van der Waals surface area contributed by atoms with Crippen LogP contribution in [-0.4, -0.2) is 18.1 Å². The summed E-state index contributed by atoms with van der Waals surface area (Å²) in [5.74, 6) is -0.362. The van der Waals surface area contributed by atoms with Gasteiger partial charge in [0.2, 0.25) is 0 Å². The number of nitrogens with zero attached hydrogens (tertiary/aromatic N) is 1. The highest BCUT2D eigenvalue weighted by Gasteiger charge is 2.03. The zero-order valence-electron chi connectivity index (χ0n) is 7.65. The van der Waals surface area contributed by atoms with Gasteiger partial charge < -0.3 is 4.74 Å². The lowest BCUT2D eigenvalue weighted by Gasteiger charge is -1.97. The van der Waals surface area contributed by atoms with Gasteiger partial charge in [-0.1, -0.05) is 6.08 Å². The third-order valence-electron chi connectivity index (χ3n) is 1.54. The third kappa shape index (κ3) is 2.40. The highest BCUT2D eigenvalue weighted by Crippen LogP contribution is 2.03. The average Bonchev–Trinajstić information content (AvgIpc) is 2.18. The molecule has 0 saturated heterocycles. The molecule has 0 atom stereocenters. The maximum Gasteiger partial charge on any atom is 0.339 e. The predicted molar refractivity (Wildman–Crippen MR) is 50.3 cm³/mol. The molecule has 1 aromatic rings. The summed E-state index contributed by atoms with van der Waals surface area (Å²) < 4.78 is 4.54. The van der Waals surface area contributed by atoms with Crippen LogP contribution in [0, 0.1) is 0 Å². The van der Waals surface area contributed by atoms with E-state index < -0.39 is 0 Å². The molecule has 1 rings (SSSR count). The fourth-order valence-electron chi connectivity index (χ4n) is 0.913. The van der Waals surface area contributed by atoms with E-state index in [1.165, 1.54) is 13.3 Å². The number of aromatic nitrogens is 1. The molecule has 0 aliphatic rings. The molecule has 1 heterocycles. The van der Waals surface area contributed by atoms with Gasteiger partial charge in [-0.2, -0.15) is 0 Å². The molecule has 0 saturated carbocycles. The molecule has 0 aliphatic carbocycles. The Morgan fingerprint density at radius 2 is 2.31 bits per heavy atom. The van der Waals surface area contributed by atoms with Crippen LogP contribution in [0.4, 0.5) is 0 Å². The lowest BCUT2D eigenvalue weighted by Crippen LogP contribution is -2.01. The van der Waals surface area contributed by atoms with Crippen LogP contribution in [0.15, 0.2) is 24.4 Å². The molecule has 3 nitrogen and oxygen atoms in total. The van der Waals surface area contributed by atoms with Crippen LogP contribution in [0.25, 0.3) is 6.08 Å². The number of allylic oxidation sites excluding steroid dienone is 1. The van der Waals surface area contributed by atoms with Crippen molar-refractivity contribution in [1.29, 1.82) is 0 Å². The van der Waals surface area contributed by atoms with Crippen molar-refractivity contribution in [3.63, 3.8) is 0 Å². The summed E-state index contributed by atoms with van der Waals surface area (Å²) in [6, 6.07) is 3.46. The standard InChI is InChI=1S/C10H11NO2/c1-3-4-9-6-5-8(7-11-9)10(12)13-2/h3-7H,1-2H3/b4-3+. The van der Waals surface area contributed by atoms with E-state index in [0.717, 1.165) is 5.69 Å². The summed E-state index contributed by atoms with van der Waals surface area (Å²) in [6.45, 7) is 1.91. The SMILES string of the molecule is C/C=C/c1ccc(C(=O)OC)cn1. The largest absolute Gasteiger partial charge is 0.465 e. The van der Waals surface area contributed by atoms with E-state index in [9.17, 15) is 4.79 Å². The molecule has 0 N–H and O–H groups in total. The van der Waals surface area contributed by atoms with Crippen molar-refractivity contribution >= 4 is 12.0 Å². The first-order chi connectivity index (χ1) is 6.27. The van der Waals surface area contributed by atoms with Gasteiger partial charge in [-0.15, -0.1) is 0 Å². The highest BCUT2D eigenvalue weighted by atomic mass is 16.5. The Bertz CT molecular complexity index is 314. The third-order valence-corrected chi connectivity index (χ3v) is 1.54. The first kappa shape index (κ1) is 9.45. The van der Waals surface area contributed by atoms with Gasteiger partial charge in [0.05, 0.1) is 18.4 Å². The van der Waals surface area contributed by atoms with E-state index in [2.05, 4.69) is 9.72 Å². The molecule has 0 aromatic carbocycles. The molecule has 0 fully saturated rings. The van der Waals surface area contributed by atoms with Gasteiger partial charge in [0.1, 0.15) is 0 Å². The van der Waals surface area contributed by atoms with Crippen LogP contribution in [0.2, 0.25) is 0 Å². The molecular weight excluding hydrogens is 166 g/mol. The number of methoxy groups -OCH3 is 1. The molecule has 0 bridgehead atoms. The van der Waals surface area contributed by atoms with Gasteiger partial charge in [0.15, 0.2) is 0 Å². The normalized spacial score (nSPS) is 10.3. The van der Waals surface area contributed by atoms with Gasteiger partial charge >= 0.3 is 5.97 Å². The summed E-state index contributed by atoms with van der Waals surface area (Å²) in [5, 5.41) is 0. The van der Waals surface area contributed by atoms with Crippen molar-refractivity contribution in [2.24, 2.45) is 0 Å². The number of ether oxygens (including phenoxy) is 1. The Kier molecular flexibility index (Phi) is 3.20. The van der Waals surface area contributed by atoms with E-state index in [1.807, 2.05) is 19.1 Å². The minimum Gasteiger partial charge on any atom is -0.465 e. The molecular formula is C10H11NO2. The predicted octanol–water partition coefficient (Wildman–Crippen LogP) is 1.90. The fraction of sp³-hybridized carbons (Fsp3) is 0.200. The second-order valence-corrected chi connectivity index (χ2v) is 2.46. The first-order valence-corrected chi connectivity index (χ1v) is 3.95. The summed E-state index contributed by atoms with van der Waals surface area (Å²) in [5.41, 5.74) is 1.30. The molecule has 0 amide bonds. The van der Waals surface area contributed by atoms with Crippen molar-refractivity contribution in [3.05, 3.63) is 35.7 Å². The van der Waals surface area contributed by atoms with E-state index >= 15 is 0 Å². The molecule has 0 unspecified atom stereocenters. The van der Waals surface area contributed by atoms with E-state index in [1.54, 1.807) is 12.1 Å². The molecule has 0 spiro atoms. The number of pyridine rings is 1. The Balaban J connectivity index is 2.87. The minimum atomic E-state index is -0.362. The fourth-order valence-corrected chi connectivity index (χ4v) is 0.913. The lowest BCUT2D eigenvalue weighted by atomic mass is 10.2. The summed E-state index contributed by atoms with van der Waals surface area (Å²) >= 11 is 0. The van der Waals surface area contributed by atoms with Crippen molar-refractivity contribution in [2.75, 3.05) is 7.11 Å². The van der Waals surface area contributed by atoms with Gasteiger partial charge in [-0.25, -0.2) is 4.79 Å². The summed E-state index contributed by atoms with van der Waals surface area (Å²) in [7, 11) is 1.35. The maximum absolute atomic E-state index is 11.0. The quantitative estimate of drug-likeness (QED) is 0.647. The Labute approximate surface area is 77.1 Å². The van der Waals surface area contributed by atoms with Crippen LogP contribution in [0.5, 0.6) is 0 Å². The summed E-state index contributed by atoms with van der Waals surface area (Å²) in [6.07, 6.45) is 5.25. The Hall–Kier alpha value is -1.64. The number of carbonyl (C=O) groups is 1. The first-order valence-electron chi connectivity index (χ1n) is 3.95. The smallest absolute Gasteiger partial charge is 0.339 e. The highest BCUT2D eigenvalue weighted by molar-refractivity contribution is 5.88. The zero-order valence-corrected chi connectivity index (χ0v) is 7.65.